The lowest BCUT2D eigenvalue weighted by Crippen LogP contribution is -2.27. The van der Waals surface area contributed by atoms with Gasteiger partial charge in [-0.1, -0.05) is 0 Å². The molecule has 0 unspecified atom stereocenters. The van der Waals surface area contributed by atoms with Gasteiger partial charge in [0, 0.05) is 7.05 Å². The number of nitrogens with one attached hydrogen (secondary N) is 1. The molecule has 2 aromatic rings. The van der Waals surface area contributed by atoms with E-state index < -0.39 is 23.5 Å². The minimum absolute atomic E-state index is 0.0451. The number of nitrogens with zero attached hydrogens (tertiary/aromatic N) is 3. The number of halogens is 1. The molecular formula is C17H21FN4O4. The van der Waals surface area contributed by atoms with Gasteiger partial charge in [0.15, 0.2) is 5.82 Å². The molecule has 140 valence electrons. The van der Waals surface area contributed by atoms with Crippen LogP contribution in [-0.2, 0) is 16.5 Å². The Hall–Kier alpha value is -2.97. The predicted octanol–water partition coefficient (Wildman–Crippen LogP) is 3.06. The summed E-state index contributed by atoms with van der Waals surface area (Å²) in [6.45, 7) is 6.77. The summed E-state index contributed by atoms with van der Waals surface area (Å²) in [7, 11) is 2.79. The number of aromatic nitrogens is 3. The highest BCUT2D eigenvalue weighted by atomic mass is 19.1. The Morgan fingerprint density at radius 2 is 1.92 bits per heavy atom. The van der Waals surface area contributed by atoms with Gasteiger partial charge in [-0.2, -0.15) is 4.98 Å². The van der Waals surface area contributed by atoms with Gasteiger partial charge in [-0.05, 0) is 45.4 Å². The molecule has 0 aliphatic carbocycles. The maximum atomic E-state index is 14.4. The lowest BCUT2D eigenvalue weighted by atomic mass is 10.0. The Kier molecular flexibility index (Phi) is 5.29. The smallest absolute Gasteiger partial charge is 0.414 e. The monoisotopic (exact) mass is 364 g/mol. The number of rotatable bonds is 3. The number of carbonyl (C=O) groups is 2. The Morgan fingerprint density at radius 3 is 2.50 bits per heavy atom. The van der Waals surface area contributed by atoms with Crippen LogP contribution in [0.25, 0.3) is 11.4 Å². The van der Waals surface area contributed by atoms with Crippen molar-refractivity contribution in [1.82, 2.24) is 14.8 Å². The predicted molar refractivity (Wildman–Crippen MR) is 92.3 cm³/mol. The zero-order chi connectivity index (χ0) is 19.6. The van der Waals surface area contributed by atoms with Gasteiger partial charge in [0.2, 0.25) is 0 Å². The molecule has 26 heavy (non-hydrogen) atoms. The number of amides is 1. The summed E-state index contributed by atoms with van der Waals surface area (Å²) in [6.07, 6.45) is -0.728. The molecule has 0 aliphatic heterocycles. The van der Waals surface area contributed by atoms with Crippen LogP contribution in [0.1, 0.15) is 36.7 Å². The fourth-order valence-electron chi connectivity index (χ4n) is 2.24. The van der Waals surface area contributed by atoms with E-state index in [1.165, 1.54) is 23.9 Å². The highest BCUT2D eigenvalue weighted by Crippen LogP contribution is 2.26. The Morgan fingerprint density at radius 1 is 1.27 bits per heavy atom. The van der Waals surface area contributed by atoms with Crippen molar-refractivity contribution in [3.63, 3.8) is 0 Å². The van der Waals surface area contributed by atoms with Crippen molar-refractivity contribution in [2.45, 2.75) is 33.3 Å². The molecule has 0 atom stereocenters. The molecule has 8 nitrogen and oxygen atoms in total. The van der Waals surface area contributed by atoms with Gasteiger partial charge in [-0.25, -0.2) is 18.7 Å². The number of carbonyl (C=O) groups excluding carboxylic acids is 2. The summed E-state index contributed by atoms with van der Waals surface area (Å²) < 4.78 is 25.5. The molecule has 1 aromatic heterocycles. The molecule has 1 N–H and O–H groups in total. The van der Waals surface area contributed by atoms with Gasteiger partial charge >= 0.3 is 12.1 Å². The molecule has 0 aliphatic rings. The first-order valence-corrected chi connectivity index (χ1v) is 7.81. The van der Waals surface area contributed by atoms with Gasteiger partial charge in [-0.15, -0.1) is 5.10 Å². The summed E-state index contributed by atoms with van der Waals surface area (Å²) >= 11 is 0. The van der Waals surface area contributed by atoms with Gasteiger partial charge in [0.1, 0.15) is 11.4 Å². The average Bonchev–Trinajstić information content (AvgIpc) is 2.84. The van der Waals surface area contributed by atoms with Crippen molar-refractivity contribution in [3.05, 3.63) is 29.1 Å². The quantitative estimate of drug-likeness (QED) is 0.841. The van der Waals surface area contributed by atoms with Crippen LogP contribution < -0.4 is 5.32 Å². The van der Waals surface area contributed by atoms with Crippen LogP contribution in [0, 0.1) is 12.7 Å². The Bertz CT molecular complexity index is 855. The zero-order valence-corrected chi connectivity index (χ0v) is 15.5. The largest absolute Gasteiger partial charge is 0.465 e. The molecule has 0 radical (unpaired) electrons. The molecule has 0 bridgehead atoms. The fraction of sp³-hybridized carbons (Fsp3) is 0.412. The molecule has 1 heterocycles. The van der Waals surface area contributed by atoms with E-state index in [0.717, 1.165) is 0 Å². The zero-order valence-electron chi connectivity index (χ0n) is 15.5. The van der Waals surface area contributed by atoms with Gasteiger partial charge in [0.05, 0.1) is 18.2 Å². The van der Waals surface area contributed by atoms with Crippen LogP contribution in [-0.4, -0.2) is 39.5 Å². The Balaban J connectivity index is 2.37. The first kappa shape index (κ1) is 19.4. The van der Waals surface area contributed by atoms with E-state index in [2.05, 4.69) is 15.4 Å². The molecule has 0 fully saturated rings. The summed E-state index contributed by atoms with van der Waals surface area (Å²) in [5.74, 6) is -1.07. The van der Waals surface area contributed by atoms with Gasteiger partial charge in [-0.3, -0.25) is 5.32 Å². The van der Waals surface area contributed by atoms with E-state index in [0.29, 0.717) is 5.56 Å². The lowest BCUT2D eigenvalue weighted by Gasteiger charge is -2.18. The first-order valence-electron chi connectivity index (χ1n) is 7.81. The molecule has 0 spiro atoms. The lowest BCUT2D eigenvalue weighted by molar-refractivity contribution is 0.0597. The third-order valence-corrected chi connectivity index (χ3v) is 3.34. The number of hydrogen-bond donors (Lipinski definition) is 1. The second-order valence-corrected chi connectivity index (χ2v) is 6.65. The summed E-state index contributed by atoms with van der Waals surface area (Å²) in [5.41, 5.74) is 0.0318. The topological polar surface area (TPSA) is 95.3 Å². The van der Waals surface area contributed by atoms with Gasteiger partial charge < -0.3 is 9.47 Å². The minimum atomic E-state index is -0.728. The van der Waals surface area contributed by atoms with Crippen LogP contribution in [0.5, 0.6) is 0 Å². The molecule has 0 saturated heterocycles. The number of hydrogen-bond acceptors (Lipinski definition) is 6. The number of ether oxygens (including phenoxy) is 2. The molecule has 1 amide bonds. The van der Waals surface area contributed by atoms with E-state index >= 15 is 0 Å². The molecular weight excluding hydrogens is 343 g/mol. The van der Waals surface area contributed by atoms with Crippen molar-refractivity contribution >= 4 is 18.0 Å². The van der Waals surface area contributed by atoms with Crippen molar-refractivity contribution < 1.29 is 23.5 Å². The molecule has 2 rings (SSSR count). The highest BCUT2D eigenvalue weighted by Gasteiger charge is 2.21. The second-order valence-electron chi connectivity index (χ2n) is 6.65. The number of methoxy groups -OCH3 is 1. The SMILES string of the molecule is COC(=O)c1cc(-c2nc(NC(=O)OC(C)(C)C)nn2C)c(F)cc1C. The molecule has 0 saturated carbocycles. The third-order valence-electron chi connectivity index (χ3n) is 3.34. The average molecular weight is 364 g/mol. The van der Waals surface area contributed by atoms with Crippen molar-refractivity contribution in [3.8, 4) is 11.4 Å². The Labute approximate surface area is 150 Å². The van der Waals surface area contributed by atoms with E-state index in [9.17, 15) is 14.0 Å². The van der Waals surface area contributed by atoms with E-state index in [-0.39, 0.29) is 22.9 Å². The van der Waals surface area contributed by atoms with Crippen LogP contribution in [0.2, 0.25) is 0 Å². The van der Waals surface area contributed by atoms with Gasteiger partial charge in [0.25, 0.3) is 5.95 Å². The normalized spacial score (nSPS) is 11.2. The van der Waals surface area contributed by atoms with E-state index in [1.54, 1.807) is 34.7 Å². The summed E-state index contributed by atoms with van der Waals surface area (Å²) in [6, 6.07) is 2.56. The number of benzene rings is 1. The van der Waals surface area contributed by atoms with Crippen LogP contribution in [0.3, 0.4) is 0 Å². The maximum absolute atomic E-state index is 14.4. The van der Waals surface area contributed by atoms with Crippen LogP contribution >= 0.6 is 0 Å². The van der Waals surface area contributed by atoms with E-state index in [1.807, 2.05) is 0 Å². The minimum Gasteiger partial charge on any atom is -0.465 e. The molecule has 9 heteroatoms. The second kappa shape index (κ2) is 7.11. The van der Waals surface area contributed by atoms with Crippen molar-refractivity contribution in [2.75, 3.05) is 12.4 Å². The van der Waals surface area contributed by atoms with Crippen molar-refractivity contribution in [2.24, 2.45) is 7.05 Å². The van der Waals surface area contributed by atoms with Crippen molar-refractivity contribution in [1.29, 1.82) is 0 Å². The third kappa shape index (κ3) is 4.35. The number of aryl methyl sites for hydroxylation is 2. The molecule has 1 aromatic carbocycles. The number of esters is 1. The number of anilines is 1. The first-order chi connectivity index (χ1) is 12.0. The highest BCUT2D eigenvalue weighted by molar-refractivity contribution is 5.92. The van der Waals surface area contributed by atoms with Crippen LogP contribution in [0.15, 0.2) is 12.1 Å². The van der Waals surface area contributed by atoms with Crippen LogP contribution in [0.4, 0.5) is 15.1 Å². The summed E-state index contributed by atoms with van der Waals surface area (Å²) in [4.78, 5) is 27.8. The maximum Gasteiger partial charge on any atom is 0.414 e. The standard InChI is InChI=1S/C17H21FN4O4/c1-9-7-12(18)11(8-10(9)14(23)25-6)13-19-15(21-22(13)5)20-16(24)26-17(2,3)4/h7-8H,1-6H3,(H,20,21,24). The summed E-state index contributed by atoms with van der Waals surface area (Å²) in [5, 5.41) is 6.42. The fourth-order valence-corrected chi connectivity index (χ4v) is 2.24. The van der Waals surface area contributed by atoms with E-state index in [4.69, 9.17) is 9.47 Å².